The fourth-order valence-electron chi connectivity index (χ4n) is 3.44. The first-order chi connectivity index (χ1) is 16.7. The van der Waals surface area contributed by atoms with Crippen LogP contribution >= 0.6 is 11.8 Å². The molecule has 0 spiro atoms. The van der Waals surface area contributed by atoms with Gasteiger partial charge in [0.05, 0.1) is 6.61 Å². The first kappa shape index (κ1) is 27.8. The maximum atomic E-state index is 12.9. The van der Waals surface area contributed by atoms with Gasteiger partial charge in [0.25, 0.3) is 10.2 Å². The molecule has 0 radical (unpaired) electrons. The molecule has 0 N–H and O–H groups in total. The van der Waals surface area contributed by atoms with Gasteiger partial charge in [0.15, 0.2) is 5.12 Å². The van der Waals surface area contributed by atoms with Crippen LogP contribution in [0.25, 0.3) is 0 Å². The topological polar surface area (TPSA) is 168 Å². The van der Waals surface area contributed by atoms with E-state index < -0.39 is 28.1 Å². The van der Waals surface area contributed by atoms with Crippen LogP contribution in [0.5, 0.6) is 5.75 Å². The predicted octanol–water partition coefficient (Wildman–Crippen LogP) is 2.57. The van der Waals surface area contributed by atoms with Gasteiger partial charge in [-0.1, -0.05) is 30.8 Å². The van der Waals surface area contributed by atoms with Crippen molar-refractivity contribution in [3.05, 3.63) is 50.1 Å². The van der Waals surface area contributed by atoms with Gasteiger partial charge in [0, 0.05) is 24.6 Å². The van der Waals surface area contributed by atoms with Gasteiger partial charge >= 0.3 is 5.97 Å². The van der Waals surface area contributed by atoms with Crippen LogP contribution in [0.1, 0.15) is 44.6 Å². The molecule has 0 unspecified atom stereocenters. The minimum atomic E-state index is -0.914. The van der Waals surface area contributed by atoms with Crippen molar-refractivity contribution in [2.45, 2.75) is 51.7 Å². The third-order valence-corrected chi connectivity index (χ3v) is 6.34. The lowest BCUT2D eigenvalue weighted by Gasteiger charge is -2.26. The Kier molecular flexibility index (Phi) is 11.2. The molecule has 1 fully saturated rings. The van der Waals surface area contributed by atoms with Crippen LogP contribution in [0, 0.1) is 26.1 Å². The van der Waals surface area contributed by atoms with Crippen LogP contribution < -0.4 is 4.74 Å². The van der Waals surface area contributed by atoms with Crippen molar-refractivity contribution < 1.29 is 39.0 Å². The van der Waals surface area contributed by atoms with Crippen LogP contribution in [0.15, 0.2) is 24.3 Å². The third kappa shape index (κ3) is 9.76. The summed E-state index contributed by atoms with van der Waals surface area (Å²) in [5, 5.41) is 18.5. The van der Waals surface area contributed by atoms with Crippen molar-refractivity contribution in [3.63, 3.8) is 0 Å². The second-order valence-electron chi connectivity index (χ2n) is 7.85. The zero-order valence-electron chi connectivity index (χ0n) is 19.2. The zero-order valence-corrected chi connectivity index (χ0v) is 20.0. The number of thioether (sulfide) groups is 1. The summed E-state index contributed by atoms with van der Waals surface area (Å²) in [5.41, 5.74) is 0.451. The van der Waals surface area contributed by atoms with Gasteiger partial charge in [-0.25, -0.2) is 4.79 Å². The summed E-state index contributed by atoms with van der Waals surface area (Å²) in [7, 11) is 0. The van der Waals surface area contributed by atoms with Gasteiger partial charge in [-0.15, -0.1) is 20.2 Å². The summed E-state index contributed by atoms with van der Waals surface area (Å²) >= 11 is 1.02. The minimum absolute atomic E-state index is 0.0662. The molecule has 35 heavy (non-hydrogen) atoms. The maximum Gasteiger partial charge on any atom is 0.334 e. The second kappa shape index (κ2) is 14.1. The molecular weight excluding hydrogens is 486 g/mol. The number of unbranched alkanes of at least 4 members (excludes halogenated alkanes) is 1. The SMILES string of the molecule is C[C@H](CSC(=O)CCCCO[N+](=O)[O-])C(=O)N1CCC[C@H]1C(=O)Oc1cccc(CO[N+](=O)[O-])c1. The van der Waals surface area contributed by atoms with E-state index in [2.05, 4.69) is 9.68 Å². The van der Waals surface area contributed by atoms with Crippen molar-refractivity contribution in [3.8, 4) is 5.75 Å². The lowest BCUT2D eigenvalue weighted by molar-refractivity contribution is -0.763. The standard InChI is InChI=1S/C21H27N3O10S/c1-15(14-35-19(25)9-2-3-11-32-23(28)29)20(26)22-10-5-8-18(22)21(27)34-17-7-4-6-16(12-17)13-33-24(30)31/h4,6-7,12,15,18H,2-3,5,8-11,13-14H2,1H3/t15-,18+/m1/s1. The third-order valence-electron chi connectivity index (χ3n) is 5.15. The van der Waals surface area contributed by atoms with Gasteiger partial charge in [-0.3, -0.25) is 9.59 Å². The number of amides is 1. The van der Waals surface area contributed by atoms with Gasteiger partial charge in [-0.2, -0.15) is 0 Å². The second-order valence-corrected chi connectivity index (χ2v) is 8.93. The lowest BCUT2D eigenvalue weighted by atomic mass is 10.1. The molecule has 13 nitrogen and oxygen atoms in total. The van der Waals surface area contributed by atoms with Gasteiger partial charge in [-0.05, 0) is 43.4 Å². The monoisotopic (exact) mass is 513 g/mol. The van der Waals surface area contributed by atoms with E-state index in [1.54, 1.807) is 19.1 Å². The highest BCUT2D eigenvalue weighted by molar-refractivity contribution is 8.13. The maximum absolute atomic E-state index is 12.9. The lowest BCUT2D eigenvalue weighted by Crippen LogP contribution is -2.45. The van der Waals surface area contributed by atoms with E-state index >= 15 is 0 Å². The van der Waals surface area contributed by atoms with Crippen LogP contribution in [0.4, 0.5) is 0 Å². The Morgan fingerprint density at radius 2 is 1.91 bits per heavy atom. The summed E-state index contributed by atoms with van der Waals surface area (Å²) in [6.07, 6.45) is 2.12. The Labute approximate surface area is 205 Å². The summed E-state index contributed by atoms with van der Waals surface area (Å²) in [6.45, 7) is 1.73. The van der Waals surface area contributed by atoms with Crippen molar-refractivity contribution in [2.75, 3.05) is 18.9 Å². The molecule has 1 aliphatic heterocycles. The molecule has 14 heteroatoms. The number of hydrogen-bond donors (Lipinski definition) is 0. The molecule has 1 aliphatic rings. The van der Waals surface area contributed by atoms with Crippen LogP contribution in [-0.2, 0) is 30.7 Å². The fourth-order valence-corrected chi connectivity index (χ4v) is 4.31. The molecule has 1 aromatic rings. The molecule has 1 aromatic carbocycles. The molecule has 2 rings (SSSR count). The number of carbonyl (C=O) groups excluding carboxylic acids is 3. The molecule has 0 aromatic heterocycles. The Morgan fingerprint density at radius 1 is 1.17 bits per heavy atom. The minimum Gasteiger partial charge on any atom is -0.425 e. The van der Waals surface area contributed by atoms with Crippen LogP contribution in [0.2, 0.25) is 0 Å². The summed E-state index contributed by atoms with van der Waals surface area (Å²) in [6, 6.07) is 5.39. The van der Waals surface area contributed by atoms with Gasteiger partial charge in [0.1, 0.15) is 18.4 Å². The van der Waals surface area contributed by atoms with E-state index in [0.717, 1.165) is 11.8 Å². The molecule has 0 saturated carbocycles. The molecule has 1 amide bonds. The Hall–Kier alpha value is -3.42. The number of likely N-dealkylation sites (tertiary alicyclic amines) is 1. The van der Waals surface area contributed by atoms with E-state index in [4.69, 9.17) is 4.74 Å². The van der Waals surface area contributed by atoms with Crippen molar-refractivity contribution >= 4 is 28.8 Å². The average molecular weight is 514 g/mol. The van der Waals surface area contributed by atoms with E-state index in [1.807, 2.05) is 0 Å². The fraction of sp³-hybridized carbons (Fsp3) is 0.571. The highest BCUT2D eigenvalue weighted by atomic mass is 32.2. The highest BCUT2D eigenvalue weighted by Gasteiger charge is 2.37. The molecular formula is C21H27N3O10S. The summed E-state index contributed by atoms with van der Waals surface area (Å²) in [5.74, 6) is -0.914. The first-order valence-corrected chi connectivity index (χ1v) is 12.0. The number of hydrogen-bond acceptors (Lipinski definition) is 11. The van der Waals surface area contributed by atoms with Gasteiger partial charge in [0.2, 0.25) is 5.91 Å². The normalized spacial score (nSPS) is 15.8. The molecule has 192 valence electrons. The average Bonchev–Trinajstić information content (AvgIpc) is 3.30. The number of ether oxygens (including phenoxy) is 1. The van der Waals surface area contributed by atoms with Crippen LogP contribution in [-0.4, -0.2) is 57.0 Å². The van der Waals surface area contributed by atoms with Crippen molar-refractivity contribution in [1.82, 2.24) is 4.90 Å². The smallest absolute Gasteiger partial charge is 0.334 e. The molecule has 2 atom stereocenters. The number of benzene rings is 1. The zero-order chi connectivity index (χ0) is 25.8. The number of esters is 1. The highest BCUT2D eigenvalue weighted by Crippen LogP contribution is 2.24. The first-order valence-electron chi connectivity index (χ1n) is 11.0. The summed E-state index contributed by atoms with van der Waals surface area (Å²) < 4.78 is 5.41. The van der Waals surface area contributed by atoms with E-state index in [0.29, 0.717) is 37.8 Å². The Morgan fingerprint density at radius 3 is 2.63 bits per heavy atom. The number of rotatable bonds is 14. The molecule has 0 bridgehead atoms. The van der Waals surface area contributed by atoms with Crippen molar-refractivity contribution in [2.24, 2.45) is 5.92 Å². The quantitative estimate of drug-likeness (QED) is 0.118. The number of carbonyl (C=O) groups is 3. The molecule has 0 aliphatic carbocycles. The van der Waals surface area contributed by atoms with E-state index in [1.165, 1.54) is 17.0 Å². The van der Waals surface area contributed by atoms with Gasteiger partial charge < -0.3 is 19.3 Å². The Bertz CT molecular complexity index is 928. The van der Waals surface area contributed by atoms with Crippen molar-refractivity contribution in [1.29, 1.82) is 0 Å². The van der Waals surface area contributed by atoms with E-state index in [9.17, 15) is 34.6 Å². The summed E-state index contributed by atoms with van der Waals surface area (Å²) in [4.78, 5) is 68.1. The van der Waals surface area contributed by atoms with E-state index in [-0.39, 0.29) is 42.2 Å². The molecule has 1 saturated heterocycles. The van der Waals surface area contributed by atoms with Crippen LogP contribution in [0.3, 0.4) is 0 Å². The molecule has 1 heterocycles. The Balaban J connectivity index is 1.82. The largest absolute Gasteiger partial charge is 0.425 e. The number of nitrogens with zero attached hydrogens (tertiary/aromatic N) is 3. The predicted molar refractivity (Wildman–Crippen MR) is 122 cm³/mol.